The van der Waals surface area contributed by atoms with Gasteiger partial charge in [-0.3, -0.25) is 4.79 Å². The van der Waals surface area contributed by atoms with Crippen LogP contribution in [0, 0.1) is 28.6 Å². The Hall–Kier alpha value is -1.69. The van der Waals surface area contributed by atoms with Crippen molar-refractivity contribution in [1.29, 1.82) is 0 Å². The summed E-state index contributed by atoms with van der Waals surface area (Å²) in [5.74, 6) is 0.434. The monoisotopic (exact) mass is 403 g/mol. The van der Waals surface area contributed by atoms with Crippen molar-refractivity contribution < 1.29 is 24.6 Å². The molecular weight excluding hydrogens is 370 g/mol. The van der Waals surface area contributed by atoms with Crippen LogP contribution in [0.5, 0.6) is 0 Å². The molecule has 29 heavy (non-hydrogen) atoms. The van der Waals surface area contributed by atoms with Gasteiger partial charge in [-0.1, -0.05) is 24.6 Å². The minimum absolute atomic E-state index is 0.0663. The number of hydrogen-bond donors (Lipinski definition) is 2. The number of aliphatic hydroxyl groups is 1. The number of Topliss-reactive ketones (excluding diaryl/α,β-unsaturated/α-hetero) is 1. The molecule has 0 aromatic rings. The predicted octanol–water partition coefficient (Wildman–Crippen LogP) is 3.73. The SMILES string of the molecule is CC(=O)[C@@]1(O)CC[C@@H]2[C@H]3CCC4=C/C(=N\OCC(=O)O)CC[C@]4(C)[C@H]3CC[C@@]21C. The molecule has 0 aliphatic heterocycles. The minimum Gasteiger partial charge on any atom is -0.479 e. The predicted molar refractivity (Wildman–Crippen MR) is 108 cm³/mol. The van der Waals surface area contributed by atoms with E-state index < -0.39 is 18.2 Å². The van der Waals surface area contributed by atoms with Crippen molar-refractivity contribution in [3.8, 4) is 0 Å². The summed E-state index contributed by atoms with van der Waals surface area (Å²) in [6.07, 6.45) is 9.50. The number of nitrogens with zero attached hydrogens (tertiary/aromatic N) is 1. The molecule has 0 amide bonds. The molecule has 0 bridgehead atoms. The summed E-state index contributed by atoms with van der Waals surface area (Å²) in [5.41, 5.74) is 0.903. The van der Waals surface area contributed by atoms with Crippen LogP contribution < -0.4 is 0 Å². The first-order chi connectivity index (χ1) is 13.6. The summed E-state index contributed by atoms with van der Waals surface area (Å²) in [4.78, 5) is 27.9. The lowest BCUT2D eigenvalue weighted by Crippen LogP contribution is -2.57. The average molecular weight is 404 g/mol. The van der Waals surface area contributed by atoms with Crippen molar-refractivity contribution in [2.24, 2.45) is 33.7 Å². The van der Waals surface area contributed by atoms with E-state index in [1.807, 2.05) is 0 Å². The van der Waals surface area contributed by atoms with E-state index in [0.717, 1.165) is 50.7 Å². The molecule has 6 atom stereocenters. The first-order valence-corrected chi connectivity index (χ1v) is 11.0. The number of rotatable bonds is 4. The Morgan fingerprint density at radius 2 is 1.86 bits per heavy atom. The van der Waals surface area contributed by atoms with Crippen molar-refractivity contribution >= 4 is 17.5 Å². The van der Waals surface area contributed by atoms with E-state index in [0.29, 0.717) is 24.2 Å². The number of carboxylic acid groups (broad SMARTS) is 1. The van der Waals surface area contributed by atoms with E-state index in [-0.39, 0.29) is 16.6 Å². The third kappa shape index (κ3) is 2.97. The summed E-state index contributed by atoms with van der Waals surface area (Å²) >= 11 is 0. The summed E-state index contributed by atoms with van der Waals surface area (Å²) in [7, 11) is 0. The topological polar surface area (TPSA) is 96.2 Å². The lowest BCUT2D eigenvalue weighted by Gasteiger charge is -2.59. The van der Waals surface area contributed by atoms with Crippen LogP contribution in [0.15, 0.2) is 16.8 Å². The molecule has 0 aromatic heterocycles. The summed E-state index contributed by atoms with van der Waals surface area (Å²) in [6, 6.07) is 0. The Morgan fingerprint density at radius 3 is 2.55 bits per heavy atom. The van der Waals surface area contributed by atoms with Crippen LogP contribution in [0.3, 0.4) is 0 Å². The van der Waals surface area contributed by atoms with E-state index in [4.69, 9.17) is 9.94 Å². The van der Waals surface area contributed by atoms with Crippen LogP contribution in [0.1, 0.15) is 72.1 Å². The maximum Gasteiger partial charge on any atom is 0.344 e. The molecular formula is C23H33NO5. The van der Waals surface area contributed by atoms with Crippen LogP contribution in [0.2, 0.25) is 0 Å². The molecule has 3 fully saturated rings. The standard InChI is InChI=1S/C23H33NO5/c1-14(25)23(28)11-8-19-17-5-4-15-12-16(24-29-13-20(26)27)6-9-21(15,2)18(17)7-10-22(19,23)3/h12,17-19,28H,4-11,13H2,1-3H3,(H,26,27)/b24-16-/t17-,18-,19+,21-,22-,23-/m0/s1. The number of hydrogen-bond acceptors (Lipinski definition) is 5. The average Bonchev–Trinajstić information content (AvgIpc) is 2.94. The van der Waals surface area contributed by atoms with E-state index in [1.54, 1.807) is 6.92 Å². The molecule has 6 nitrogen and oxygen atoms in total. The second-order valence-electron chi connectivity index (χ2n) is 10.2. The second kappa shape index (κ2) is 6.93. The van der Waals surface area contributed by atoms with Gasteiger partial charge in [-0.05, 0) is 87.5 Å². The highest BCUT2D eigenvalue weighted by atomic mass is 16.6. The lowest BCUT2D eigenvalue weighted by atomic mass is 9.46. The highest BCUT2D eigenvalue weighted by molar-refractivity contribution is 5.96. The van der Waals surface area contributed by atoms with Crippen LogP contribution in [0.25, 0.3) is 0 Å². The van der Waals surface area contributed by atoms with E-state index in [2.05, 4.69) is 25.1 Å². The zero-order valence-corrected chi connectivity index (χ0v) is 17.7. The molecule has 6 heteroatoms. The van der Waals surface area contributed by atoms with Gasteiger partial charge < -0.3 is 15.1 Å². The molecule has 0 saturated heterocycles. The molecule has 3 saturated carbocycles. The number of carbonyl (C=O) groups excluding carboxylic acids is 1. The Bertz CT molecular complexity index is 788. The van der Waals surface area contributed by atoms with Gasteiger partial charge >= 0.3 is 5.97 Å². The highest BCUT2D eigenvalue weighted by Gasteiger charge is 2.65. The molecule has 0 aromatic carbocycles. The zero-order valence-electron chi connectivity index (χ0n) is 17.7. The number of fused-ring (bicyclic) bond motifs is 5. The Morgan fingerprint density at radius 1 is 1.14 bits per heavy atom. The number of ketones is 1. The van der Waals surface area contributed by atoms with Gasteiger partial charge in [-0.15, -0.1) is 0 Å². The molecule has 4 rings (SSSR count). The van der Waals surface area contributed by atoms with Crippen LogP contribution in [-0.2, 0) is 14.4 Å². The lowest BCUT2D eigenvalue weighted by molar-refractivity contribution is -0.159. The molecule has 0 unspecified atom stereocenters. The van der Waals surface area contributed by atoms with Crippen LogP contribution >= 0.6 is 0 Å². The Labute approximate surface area is 172 Å². The smallest absolute Gasteiger partial charge is 0.344 e. The summed E-state index contributed by atoms with van der Waals surface area (Å²) in [5, 5.41) is 24.0. The number of allylic oxidation sites excluding steroid dienone is 2. The number of carbonyl (C=O) groups is 2. The Balaban J connectivity index is 1.57. The van der Waals surface area contributed by atoms with Gasteiger partial charge in [-0.25, -0.2) is 4.79 Å². The van der Waals surface area contributed by atoms with Crippen molar-refractivity contribution in [3.05, 3.63) is 11.6 Å². The fourth-order valence-electron chi connectivity index (χ4n) is 7.41. The molecule has 0 radical (unpaired) electrons. The van der Waals surface area contributed by atoms with Crippen LogP contribution in [0.4, 0.5) is 0 Å². The van der Waals surface area contributed by atoms with Crippen LogP contribution in [-0.4, -0.2) is 39.9 Å². The maximum atomic E-state index is 12.3. The third-order valence-electron chi connectivity index (χ3n) is 9.08. The van der Waals surface area contributed by atoms with Gasteiger partial charge in [0.05, 0.1) is 5.71 Å². The van der Waals surface area contributed by atoms with Gasteiger partial charge in [0.25, 0.3) is 0 Å². The fourth-order valence-corrected chi connectivity index (χ4v) is 7.41. The quantitative estimate of drug-likeness (QED) is 0.697. The second-order valence-corrected chi connectivity index (χ2v) is 10.2. The van der Waals surface area contributed by atoms with Crippen molar-refractivity contribution in [3.63, 3.8) is 0 Å². The van der Waals surface area contributed by atoms with Gasteiger partial charge in [0.15, 0.2) is 5.78 Å². The highest BCUT2D eigenvalue weighted by Crippen LogP contribution is 2.67. The molecule has 160 valence electrons. The number of oxime groups is 1. The molecule has 0 heterocycles. The first-order valence-electron chi connectivity index (χ1n) is 11.0. The van der Waals surface area contributed by atoms with Crippen molar-refractivity contribution in [2.75, 3.05) is 6.61 Å². The van der Waals surface area contributed by atoms with Gasteiger partial charge in [-0.2, -0.15) is 0 Å². The minimum atomic E-state index is -1.16. The molecule has 4 aliphatic carbocycles. The molecule has 0 spiro atoms. The van der Waals surface area contributed by atoms with E-state index >= 15 is 0 Å². The molecule has 4 aliphatic rings. The van der Waals surface area contributed by atoms with Gasteiger partial charge in [0.2, 0.25) is 6.61 Å². The van der Waals surface area contributed by atoms with E-state index in [9.17, 15) is 14.7 Å². The molecule has 2 N–H and O–H groups in total. The number of carboxylic acids is 1. The van der Waals surface area contributed by atoms with Gasteiger partial charge in [0.1, 0.15) is 5.60 Å². The zero-order chi connectivity index (χ0) is 21.0. The van der Waals surface area contributed by atoms with Crippen molar-refractivity contribution in [2.45, 2.75) is 77.7 Å². The normalized spacial score (nSPS) is 45.0. The van der Waals surface area contributed by atoms with Crippen molar-refractivity contribution in [1.82, 2.24) is 0 Å². The van der Waals surface area contributed by atoms with Gasteiger partial charge in [0, 0.05) is 5.41 Å². The first kappa shape index (κ1) is 20.6. The fraction of sp³-hybridized carbons (Fsp3) is 0.783. The summed E-state index contributed by atoms with van der Waals surface area (Å²) in [6.45, 7) is 5.67. The summed E-state index contributed by atoms with van der Waals surface area (Å²) < 4.78 is 0. The maximum absolute atomic E-state index is 12.3. The van der Waals surface area contributed by atoms with E-state index in [1.165, 1.54) is 5.57 Å². The Kier molecular flexibility index (Phi) is 4.92. The number of aliphatic carboxylic acids is 1. The third-order valence-corrected chi connectivity index (χ3v) is 9.08. The largest absolute Gasteiger partial charge is 0.479 e.